The predicted octanol–water partition coefficient (Wildman–Crippen LogP) is 2.75. The molecule has 0 fully saturated rings. The van der Waals surface area contributed by atoms with Crippen LogP contribution < -0.4 is 0 Å². The minimum Gasteiger partial charge on any atom is -0.410 e. The van der Waals surface area contributed by atoms with Crippen molar-refractivity contribution < 1.29 is 10.0 Å². The molecule has 1 N–H and O–H groups in total. The second-order valence-electron chi connectivity index (χ2n) is 3.51. The van der Waals surface area contributed by atoms with Gasteiger partial charge < -0.3 is 5.21 Å². The van der Waals surface area contributed by atoms with E-state index in [1.54, 1.807) is 48.5 Å². The average molecular weight is 225 g/mol. The molecule has 84 valence electrons. The minimum absolute atomic E-state index is 0.0526. The maximum atomic E-state index is 12.1. The number of hydrogen-bond acceptors (Lipinski definition) is 3. The molecular formula is C14H11NO2. The number of oxime groups is 1. The van der Waals surface area contributed by atoms with E-state index in [0.717, 1.165) is 0 Å². The maximum absolute atomic E-state index is 12.1. The van der Waals surface area contributed by atoms with Gasteiger partial charge in [0.1, 0.15) is 0 Å². The van der Waals surface area contributed by atoms with E-state index in [4.69, 9.17) is 5.21 Å². The van der Waals surface area contributed by atoms with Crippen molar-refractivity contribution >= 4 is 11.5 Å². The summed E-state index contributed by atoms with van der Waals surface area (Å²) in [5.74, 6) is -0.292. The molecule has 0 amide bonds. The highest BCUT2D eigenvalue weighted by Gasteiger charge is 2.15. The molecule has 0 saturated carbocycles. The molecule has 0 aliphatic heterocycles. The van der Waals surface area contributed by atoms with E-state index in [0.29, 0.717) is 11.1 Å². The van der Waals surface area contributed by atoms with E-state index in [9.17, 15) is 4.79 Å². The number of nitrogens with zero attached hydrogens (tertiary/aromatic N) is 1. The third kappa shape index (κ3) is 2.39. The molecule has 0 unspecified atom stereocenters. The first-order valence-corrected chi connectivity index (χ1v) is 5.20. The summed E-state index contributed by atoms with van der Waals surface area (Å²) < 4.78 is 0. The molecule has 2 aromatic rings. The van der Waals surface area contributed by atoms with Crippen molar-refractivity contribution in [2.75, 3.05) is 0 Å². The van der Waals surface area contributed by atoms with Gasteiger partial charge in [0.2, 0.25) is 5.78 Å². The summed E-state index contributed by atoms with van der Waals surface area (Å²) in [5, 5.41) is 12.1. The first-order chi connectivity index (χ1) is 8.33. The van der Waals surface area contributed by atoms with Crippen LogP contribution in [0, 0.1) is 0 Å². The van der Waals surface area contributed by atoms with Crippen LogP contribution >= 0.6 is 0 Å². The lowest BCUT2D eigenvalue weighted by molar-refractivity contribution is 0.106. The van der Waals surface area contributed by atoms with Gasteiger partial charge in [0, 0.05) is 11.1 Å². The molecule has 17 heavy (non-hydrogen) atoms. The Kier molecular flexibility index (Phi) is 3.31. The predicted molar refractivity (Wildman–Crippen MR) is 65.5 cm³/mol. The van der Waals surface area contributed by atoms with Gasteiger partial charge in [0.25, 0.3) is 0 Å². The second-order valence-corrected chi connectivity index (χ2v) is 3.51. The highest BCUT2D eigenvalue weighted by atomic mass is 16.4. The molecule has 0 bridgehead atoms. The number of Topliss-reactive ketones (excluding diaryl/α,β-unsaturated/α-hetero) is 1. The molecule has 2 rings (SSSR count). The van der Waals surface area contributed by atoms with Gasteiger partial charge >= 0.3 is 0 Å². The van der Waals surface area contributed by atoms with Gasteiger partial charge in [-0.3, -0.25) is 4.79 Å². The number of hydrogen-bond donors (Lipinski definition) is 1. The minimum atomic E-state index is -0.292. The zero-order valence-corrected chi connectivity index (χ0v) is 9.08. The molecule has 0 atom stereocenters. The van der Waals surface area contributed by atoms with Crippen LogP contribution in [-0.2, 0) is 0 Å². The highest BCUT2D eigenvalue weighted by Crippen LogP contribution is 2.08. The quantitative estimate of drug-likeness (QED) is 0.378. The fraction of sp³-hybridized carbons (Fsp3) is 0. The third-order valence-corrected chi connectivity index (χ3v) is 2.40. The van der Waals surface area contributed by atoms with Crippen LogP contribution in [0.25, 0.3) is 0 Å². The third-order valence-electron chi connectivity index (χ3n) is 2.40. The highest BCUT2D eigenvalue weighted by molar-refractivity contribution is 6.51. The van der Waals surface area contributed by atoms with Crippen LogP contribution in [0.1, 0.15) is 15.9 Å². The van der Waals surface area contributed by atoms with Gasteiger partial charge in [-0.1, -0.05) is 65.8 Å². The molecule has 0 saturated heterocycles. The average Bonchev–Trinajstić information content (AvgIpc) is 2.42. The van der Waals surface area contributed by atoms with Gasteiger partial charge in [0.15, 0.2) is 5.71 Å². The normalized spacial score (nSPS) is 11.2. The zero-order chi connectivity index (χ0) is 12.1. The molecular weight excluding hydrogens is 214 g/mol. The maximum Gasteiger partial charge on any atom is 0.215 e. The standard InChI is InChI=1S/C14H11NO2/c16-14(12-9-5-2-6-10-12)13(15-17)11-7-3-1-4-8-11/h1-10,17H/b15-13+. The Hall–Kier alpha value is -2.42. The van der Waals surface area contributed by atoms with Crippen molar-refractivity contribution in [3.63, 3.8) is 0 Å². The summed E-state index contributed by atoms with van der Waals surface area (Å²) in [6.45, 7) is 0. The summed E-state index contributed by atoms with van der Waals surface area (Å²) in [7, 11) is 0. The van der Waals surface area contributed by atoms with Gasteiger partial charge in [-0.15, -0.1) is 0 Å². The lowest BCUT2D eigenvalue weighted by atomic mass is 10.0. The Morgan fingerprint density at radius 1 is 0.824 bits per heavy atom. The van der Waals surface area contributed by atoms with E-state index >= 15 is 0 Å². The lowest BCUT2D eigenvalue weighted by Crippen LogP contribution is -2.15. The van der Waals surface area contributed by atoms with E-state index in [1.165, 1.54) is 0 Å². The number of carbonyl (C=O) groups excluding carboxylic acids is 1. The molecule has 0 aliphatic rings. The summed E-state index contributed by atoms with van der Waals surface area (Å²) in [6, 6.07) is 17.6. The van der Waals surface area contributed by atoms with E-state index in [1.807, 2.05) is 12.1 Å². The monoisotopic (exact) mass is 225 g/mol. The Morgan fingerprint density at radius 3 is 1.76 bits per heavy atom. The zero-order valence-electron chi connectivity index (χ0n) is 9.08. The number of carbonyl (C=O) groups is 1. The fourth-order valence-corrected chi connectivity index (χ4v) is 1.56. The van der Waals surface area contributed by atoms with Gasteiger partial charge in [-0.2, -0.15) is 0 Å². The first kappa shape index (κ1) is 11.1. The molecule has 3 nitrogen and oxygen atoms in total. The topological polar surface area (TPSA) is 49.7 Å². The molecule has 2 aromatic carbocycles. The van der Waals surface area contributed by atoms with E-state index in [2.05, 4.69) is 5.16 Å². The van der Waals surface area contributed by atoms with Gasteiger partial charge in [0.05, 0.1) is 0 Å². The fourth-order valence-electron chi connectivity index (χ4n) is 1.56. The lowest BCUT2D eigenvalue weighted by Gasteiger charge is -2.03. The number of ketones is 1. The van der Waals surface area contributed by atoms with Crippen LogP contribution in [0.5, 0.6) is 0 Å². The largest absolute Gasteiger partial charge is 0.410 e. The van der Waals surface area contributed by atoms with Crippen molar-refractivity contribution in [2.45, 2.75) is 0 Å². The molecule has 0 spiro atoms. The second kappa shape index (κ2) is 5.07. The summed E-state index contributed by atoms with van der Waals surface area (Å²) in [5.41, 5.74) is 1.16. The summed E-state index contributed by atoms with van der Waals surface area (Å²) in [4.78, 5) is 12.1. The van der Waals surface area contributed by atoms with Crippen LogP contribution in [0.3, 0.4) is 0 Å². The van der Waals surface area contributed by atoms with Crippen LogP contribution in [-0.4, -0.2) is 16.7 Å². The Morgan fingerprint density at radius 2 is 1.29 bits per heavy atom. The molecule has 0 radical (unpaired) electrons. The molecule has 0 heterocycles. The van der Waals surface area contributed by atoms with Crippen molar-refractivity contribution in [1.29, 1.82) is 0 Å². The smallest absolute Gasteiger partial charge is 0.215 e. The van der Waals surface area contributed by atoms with Crippen molar-refractivity contribution in [1.82, 2.24) is 0 Å². The van der Waals surface area contributed by atoms with Crippen molar-refractivity contribution in [3.05, 3.63) is 71.8 Å². The van der Waals surface area contributed by atoms with Crippen LogP contribution in [0.2, 0.25) is 0 Å². The van der Waals surface area contributed by atoms with Crippen molar-refractivity contribution in [2.24, 2.45) is 5.16 Å². The summed E-state index contributed by atoms with van der Waals surface area (Å²) in [6.07, 6.45) is 0. The number of benzene rings is 2. The van der Waals surface area contributed by atoms with E-state index < -0.39 is 0 Å². The molecule has 0 aromatic heterocycles. The van der Waals surface area contributed by atoms with Gasteiger partial charge in [-0.05, 0) is 0 Å². The van der Waals surface area contributed by atoms with Crippen LogP contribution in [0.15, 0.2) is 65.8 Å². The van der Waals surface area contributed by atoms with E-state index in [-0.39, 0.29) is 11.5 Å². The van der Waals surface area contributed by atoms with Crippen LogP contribution in [0.4, 0.5) is 0 Å². The molecule has 0 aliphatic carbocycles. The number of rotatable bonds is 3. The summed E-state index contributed by atoms with van der Waals surface area (Å²) >= 11 is 0. The van der Waals surface area contributed by atoms with Gasteiger partial charge in [-0.25, -0.2) is 0 Å². The Labute approximate surface area is 99.0 Å². The Balaban J connectivity index is 2.37. The SMILES string of the molecule is O=C(/C(=N/O)c1ccccc1)c1ccccc1. The molecule has 3 heteroatoms. The first-order valence-electron chi connectivity index (χ1n) is 5.20. The van der Waals surface area contributed by atoms with Crippen molar-refractivity contribution in [3.8, 4) is 0 Å². The Bertz CT molecular complexity index is 533.